The van der Waals surface area contributed by atoms with Crippen molar-refractivity contribution in [1.82, 2.24) is 15.1 Å². The van der Waals surface area contributed by atoms with E-state index in [0.717, 1.165) is 16.9 Å². The molecule has 27 heavy (non-hydrogen) atoms. The lowest BCUT2D eigenvalue weighted by atomic mass is 10.1. The quantitative estimate of drug-likeness (QED) is 0.664. The van der Waals surface area contributed by atoms with Crippen molar-refractivity contribution >= 4 is 17.6 Å². The van der Waals surface area contributed by atoms with Gasteiger partial charge in [0, 0.05) is 24.6 Å². The van der Waals surface area contributed by atoms with Crippen LogP contribution in [0.3, 0.4) is 0 Å². The monoisotopic (exact) mass is 362 g/mol. The molecule has 2 amide bonds. The number of phenols is 1. The smallest absolute Gasteiger partial charge is 0.230 e. The molecule has 0 bridgehead atoms. The normalized spacial score (nSPS) is 16.1. The number of anilines is 1. The van der Waals surface area contributed by atoms with E-state index in [1.54, 1.807) is 28.9 Å². The molecule has 2 aromatic carbocycles. The van der Waals surface area contributed by atoms with Gasteiger partial charge in [0.05, 0.1) is 17.3 Å². The van der Waals surface area contributed by atoms with Gasteiger partial charge in [-0.25, -0.2) is 4.68 Å². The maximum absolute atomic E-state index is 12.4. The average molecular weight is 362 g/mol. The van der Waals surface area contributed by atoms with Crippen molar-refractivity contribution in [2.45, 2.75) is 6.42 Å². The molecule has 3 aromatic rings. The summed E-state index contributed by atoms with van der Waals surface area (Å²) < 4.78 is 1.71. The van der Waals surface area contributed by atoms with Gasteiger partial charge in [0.25, 0.3) is 0 Å². The number of carbonyl (C=O) groups excluding carboxylic acids is 2. The van der Waals surface area contributed by atoms with Crippen LogP contribution in [0.1, 0.15) is 6.42 Å². The van der Waals surface area contributed by atoms with E-state index in [1.165, 1.54) is 0 Å². The minimum Gasteiger partial charge on any atom is -0.508 e. The number of phenolic OH excluding ortho intramolecular Hbond substituents is 1. The van der Waals surface area contributed by atoms with Crippen LogP contribution in [0.4, 0.5) is 5.82 Å². The van der Waals surface area contributed by atoms with Crippen LogP contribution >= 0.6 is 0 Å². The minimum atomic E-state index is -0.399. The fourth-order valence-electron chi connectivity index (χ4n) is 3.10. The highest BCUT2D eigenvalue weighted by molar-refractivity contribution is 5.97. The third-order valence-electron chi connectivity index (χ3n) is 4.45. The number of amides is 2. The molecule has 0 aliphatic carbocycles. The summed E-state index contributed by atoms with van der Waals surface area (Å²) in [4.78, 5) is 23.8. The molecule has 136 valence electrons. The number of aromatic nitrogens is 2. The van der Waals surface area contributed by atoms with Crippen molar-refractivity contribution in [1.29, 1.82) is 0 Å². The maximum atomic E-state index is 12.4. The second-order valence-corrected chi connectivity index (χ2v) is 6.41. The highest BCUT2D eigenvalue weighted by atomic mass is 16.3. The molecule has 1 fully saturated rings. The van der Waals surface area contributed by atoms with Crippen molar-refractivity contribution in [3.63, 3.8) is 0 Å². The molecular weight excluding hydrogens is 344 g/mol. The predicted molar refractivity (Wildman–Crippen MR) is 100 cm³/mol. The van der Waals surface area contributed by atoms with Gasteiger partial charge in [0.15, 0.2) is 5.82 Å². The number of nitrogens with zero attached hydrogens (tertiary/aromatic N) is 2. The van der Waals surface area contributed by atoms with Crippen LogP contribution < -0.4 is 10.6 Å². The second kappa shape index (κ2) is 6.95. The molecular formula is C20H18N4O3. The maximum Gasteiger partial charge on any atom is 0.230 e. The number of benzene rings is 2. The first kappa shape index (κ1) is 16.8. The molecule has 0 unspecified atom stereocenters. The van der Waals surface area contributed by atoms with E-state index in [1.807, 2.05) is 36.4 Å². The number of carbonyl (C=O) groups is 2. The van der Waals surface area contributed by atoms with E-state index in [-0.39, 0.29) is 24.0 Å². The molecule has 7 heteroatoms. The third kappa shape index (κ3) is 3.52. The standard InChI is InChI=1S/C20H18N4O3/c25-16-8-4-5-13(9-16)17-11-18(22-20(27)14-10-19(26)21-12-14)23-24(17)15-6-2-1-3-7-15/h1-9,11,14,25H,10,12H2,(H,21,26)(H,22,23,27)/t14-/m1/s1. The Morgan fingerprint density at radius 2 is 1.96 bits per heavy atom. The lowest BCUT2D eigenvalue weighted by Gasteiger charge is -2.07. The highest BCUT2D eigenvalue weighted by Crippen LogP contribution is 2.28. The van der Waals surface area contributed by atoms with E-state index < -0.39 is 5.92 Å². The minimum absolute atomic E-state index is 0.120. The highest BCUT2D eigenvalue weighted by Gasteiger charge is 2.28. The largest absolute Gasteiger partial charge is 0.508 e. The van der Waals surface area contributed by atoms with Gasteiger partial charge in [0.2, 0.25) is 11.8 Å². The van der Waals surface area contributed by atoms with Crippen LogP contribution in [0.2, 0.25) is 0 Å². The number of rotatable bonds is 4. The van der Waals surface area contributed by atoms with Crippen LogP contribution in [0, 0.1) is 5.92 Å². The van der Waals surface area contributed by atoms with Crippen LogP contribution in [0.15, 0.2) is 60.7 Å². The molecule has 1 aliphatic rings. The Kier molecular flexibility index (Phi) is 4.33. The Labute approximate surface area is 155 Å². The van der Waals surface area contributed by atoms with Gasteiger partial charge in [-0.1, -0.05) is 30.3 Å². The topological polar surface area (TPSA) is 96.3 Å². The summed E-state index contributed by atoms with van der Waals surface area (Å²) in [6.45, 7) is 0.337. The second-order valence-electron chi connectivity index (χ2n) is 6.41. The van der Waals surface area contributed by atoms with Gasteiger partial charge in [-0.3, -0.25) is 9.59 Å². The molecule has 7 nitrogen and oxygen atoms in total. The lowest BCUT2D eigenvalue weighted by Crippen LogP contribution is -2.24. The average Bonchev–Trinajstić information content (AvgIpc) is 3.29. The van der Waals surface area contributed by atoms with Gasteiger partial charge in [-0.15, -0.1) is 5.10 Å². The van der Waals surface area contributed by atoms with E-state index in [4.69, 9.17) is 0 Å². The molecule has 1 aromatic heterocycles. The predicted octanol–water partition coefficient (Wildman–Crippen LogP) is 2.32. The molecule has 1 aliphatic heterocycles. The van der Waals surface area contributed by atoms with Gasteiger partial charge < -0.3 is 15.7 Å². The Bertz CT molecular complexity index is 997. The first-order valence-corrected chi connectivity index (χ1v) is 8.62. The molecule has 3 N–H and O–H groups in total. The van der Waals surface area contributed by atoms with E-state index in [2.05, 4.69) is 15.7 Å². The van der Waals surface area contributed by atoms with Gasteiger partial charge in [-0.2, -0.15) is 0 Å². The summed E-state index contributed by atoms with van der Waals surface area (Å²) in [5.41, 5.74) is 2.33. The van der Waals surface area contributed by atoms with Crippen molar-refractivity contribution in [2.24, 2.45) is 5.92 Å². The molecule has 1 saturated heterocycles. The van der Waals surface area contributed by atoms with Crippen molar-refractivity contribution in [3.8, 4) is 22.7 Å². The number of aromatic hydroxyl groups is 1. The molecule has 0 saturated carbocycles. The lowest BCUT2D eigenvalue weighted by molar-refractivity contribution is -0.123. The Morgan fingerprint density at radius 1 is 1.15 bits per heavy atom. The molecule has 1 atom stereocenters. The SMILES string of the molecule is O=C1C[C@@H](C(=O)Nc2cc(-c3cccc(O)c3)n(-c3ccccc3)n2)CN1. The van der Waals surface area contributed by atoms with Gasteiger partial charge in [0.1, 0.15) is 5.75 Å². The fourth-order valence-corrected chi connectivity index (χ4v) is 3.10. The van der Waals surface area contributed by atoms with Crippen molar-refractivity contribution in [3.05, 3.63) is 60.7 Å². The van der Waals surface area contributed by atoms with E-state index in [0.29, 0.717) is 12.4 Å². The molecule has 0 radical (unpaired) electrons. The van der Waals surface area contributed by atoms with Crippen molar-refractivity contribution in [2.75, 3.05) is 11.9 Å². The number of para-hydroxylation sites is 1. The van der Waals surface area contributed by atoms with Crippen LogP contribution in [-0.4, -0.2) is 33.2 Å². The molecule has 0 spiro atoms. The molecule has 4 rings (SSSR count). The Morgan fingerprint density at radius 3 is 2.67 bits per heavy atom. The van der Waals surface area contributed by atoms with Crippen LogP contribution in [0.25, 0.3) is 16.9 Å². The fraction of sp³-hybridized carbons (Fsp3) is 0.150. The zero-order valence-corrected chi connectivity index (χ0v) is 14.4. The van der Waals surface area contributed by atoms with E-state index >= 15 is 0 Å². The first-order valence-electron chi connectivity index (χ1n) is 8.62. The molecule has 2 heterocycles. The Balaban J connectivity index is 1.69. The first-order chi connectivity index (χ1) is 13.1. The van der Waals surface area contributed by atoms with Crippen LogP contribution in [0.5, 0.6) is 5.75 Å². The van der Waals surface area contributed by atoms with E-state index in [9.17, 15) is 14.7 Å². The van der Waals surface area contributed by atoms with Crippen LogP contribution in [-0.2, 0) is 9.59 Å². The summed E-state index contributed by atoms with van der Waals surface area (Å²) in [6, 6.07) is 18.1. The third-order valence-corrected chi connectivity index (χ3v) is 4.45. The zero-order chi connectivity index (χ0) is 18.8. The summed E-state index contributed by atoms with van der Waals surface area (Å²) in [5.74, 6) is -0.224. The number of nitrogens with one attached hydrogen (secondary N) is 2. The summed E-state index contributed by atoms with van der Waals surface area (Å²) >= 11 is 0. The van der Waals surface area contributed by atoms with Gasteiger partial charge in [-0.05, 0) is 24.3 Å². The summed E-state index contributed by atoms with van der Waals surface area (Å²) in [7, 11) is 0. The zero-order valence-electron chi connectivity index (χ0n) is 14.4. The number of hydrogen-bond donors (Lipinski definition) is 3. The summed E-state index contributed by atoms with van der Waals surface area (Å²) in [5, 5.41) is 19.8. The van der Waals surface area contributed by atoms with Crippen molar-refractivity contribution < 1.29 is 14.7 Å². The Hall–Kier alpha value is -3.61. The number of hydrogen-bond acceptors (Lipinski definition) is 4. The summed E-state index contributed by atoms with van der Waals surface area (Å²) in [6.07, 6.45) is 0.185. The van der Waals surface area contributed by atoms with Gasteiger partial charge >= 0.3 is 0 Å².